The molecule has 0 unspecified atom stereocenters. The van der Waals surface area contributed by atoms with E-state index in [4.69, 9.17) is 0 Å². The van der Waals surface area contributed by atoms with Gasteiger partial charge in [-0.05, 0) is 43.8 Å². The SMILES string of the molecule is CCNCC1CCN(C(=O)c2cc(C(C)C)[nH]n2)CC1. The van der Waals surface area contributed by atoms with Gasteiger partial charge in [0.05, 0.1) is 0 Å². The summed E-state index contributed by atoms with van der Waals surface area (Å²) in [6.07, 6.45) is 2.17. The van der Waals surface area contributed by atoms with Crippen molar-refractivity contribution in [2.24, 2.45) is 5.92 Å². The summed E-state index contributed by atoms with van der Waals surface area (Å²) in [7, 11) is 0. The summed E-state index contributed by atoms with van der Waals surface area (Å²) in [5.41, 5.74) is 1.58. The molecular weight excluding hydrogens is 252 g/mol. The molecule has 0 aliphatic carbocycles. The third-order valence-corrected chi connectivity index (χ3v) is 4.02. The van der Waals surface area contributed by atoms with Crippen molar-refractivity contribution < 1.29 is 4.79 Å². The van der Waals surface area contributed by atoms with E-state index >= 15 is 0 Å². The zero-order chi connectivity index (χ0) is 14.5. The van der Waals surface area contributed by atoms with E-state index in [-0.39, 0.29) is 5.91 Å². The highest BCUT2D eigenvalue weighted by Crippen LogP contribution is 2.19. The number of carbonyl (C=O) groups is 1. The lowest BCUT2D eigenvalue weighted by molar-refractivity contribution is 0.0684. The van der Waals surface area contributed by atoms with Crippen LogP contribution in [-0.2, 0) is 0 Å². The fourth-order valence-corrected chi connectivity index (χ4v) is 2.59. The molecule has 112 valence electrons. The summed E-state index contributed by atoms with van der Waals surface area (Å²) in [4.78, 5) is 14.3. The van der Waals surface area contributed by atoms with Gasteiger partial charge in [-0.15, -0.1) is 0 Å². The average Bonchev–Trinajstić information content (AvgIpc) is 2.95. The first kappa shape index (κ1) is 15.0. The molecule has 0 aromatic carbocycles. The van der Waals surface area contributed by atoms with Gasteiger partial charge in [0.25, 0.3) is 5.91 Å². The van der Waals surface area contributed by atoms with Gasteiger partial charge >= 0.3 is 0 Å². The second-order valence-electron chi connectivity index (χ2n) is 5.91. The van der Waals surface area contributed by atoms with Crippen molar-refractivity contribution >= 4 is 5.91 Å². The summed E-state index contributed by atoms with van der Waals surface area (Å²) >= 11 is 0. The molecule has 1 aliphatic rings. The minimum atomic E-state index is 0.0649. The number of piperidine rings is 1. The summed E-state index contributed by atoms with van der Waals surface area (Å²) in [6.45, 7) is 10.1. The van der Waals surface area contributed by atoms with Gasteiger partial charge in [0.1, 0.15) is 5.69 Å². The van der Waals surface area contributed by atoms with Gasteiger partial charge in [0.2, 0.25) is 0 Å². The van der Waals surface area contributed by atoms with Crippen LogP contribution >= 0.6 is 0 Å². The lowest BCUT2D eigenvalue weighted by Crippen LogP contribution is -2.40. The molecule has 1 saturated heterocycles. The zero-order valence-corrected chi connectivity index (χ0v) is 12.8. The molecule has 0 saturated carbocycles. The maximum atomic E-state index is 12.4. The van der Waals surface area contributed by atoms with Crippen LogP contribution in [0, 0.1) is 5.92 Å². The number of H-pyrrole nitrogens is 1. The molecule has 20 heavy (non-hydrogen) atoms. The molecule has 1 aromatic rings. The van der Waals surface area contributed by atoms with E-state index in [0.29, 0.717) is 17.5 Å². The first-order valence-electron chi connectivity index (χ1n) is 7.67. The average molecular weight is 278 g/mol. The molecular formula is C15H26N4O. The van der Waals surface area contributed by atoms with Crippen molar-refractivity contribution in [2.75, 3.05) is 26.2 Å². The molecule has 1 aliphatic heterocycles. The molecule has 5 nitrogen and oxygen atoms in total. The van der Waals surface area contributed by atoms with Crippen LogP contribution in [0.5, 0.6) is 0 Å². The maximum Gasteiger partial charge on any atom is 0.274 e. The lowest BCUT2D eigenvalue weighted by Gasteiger charge is -2.31. The predicted octanol–water partition coefficient (Wildman–Crippen LogP) is 1.99. The Morgan fingerprint density at radius 1 is 1.50 bits per heavy atom. The highest BCUT2D eigenvalue weighted by molar-refractivity contribution is 5.92. The van der Waals surface area contributed by atoms with Crippen molar-refractivity contribution in [3.8, 4) is 0 Å². The molecule has 2 N–H and O–H groups in total. The van der Waals surface area contributed by atoms with Gasteiger partial charge in [-0.2, -0.15) is 5.10 Å². The summed E-state index contributed by atoms with van der Waals surface area (Å²) in [5.74, 6) is 1.13. The van der Waals surface area contributed by atoms with Crippen LogP contribution < -0.4 is 5.32 Å². The van der Waals surface area contributed by atoms with Crippen LogP contribution in [0.4, 0.5) is 0 Å². The third-order valence-electron chi connectivity index (χ3n) is 4.02. The number of likely N-dealkylation sites (tertiary alicyclic amines) is 1. The van der Waals surface area contributed by atoms with Crippen LogP contribution in [0.2, 0.25) is 0 Å². The van der Waals surface area contributed by atoms with E-state index in [1.165, 1.54) is 0 Å². The van der Waals surface area contributed by atoms with Crippen molar-refractivity contribution in [1.82, 2.24) is 20.4 Å². The number of aromatic nitrogens is 2. The summed E-state index contributed by atoms with van der Waals surface area (Å²) < 4.78 is 0. The van der Waals surface area contributed by atoms with Crippen molar-refractivity contribution in [3.63, 3.8) is 0 Å². The molecule has 0 bridgehead atoms. The largest absolute Gasteiger partial charge is 0.337 e. The summed E-state index contributed by atoms with van der Waals surface area (Å²) in [6, 6.07) is 1.89. The Morgan fingerprint density at radius 2 is 2.20 bits per heavy atom. The smallest absolute Gasteiger partial charge is 0.274 e. The van der Waals surface area contributed by atoms with Crippen LogP contribution in [0.15, 0.2) is 6.07 Å². The second kappa shape index (κ2) is 6.88. The van der Waals surface area contributed by atoms with E-state index in [1.54, 1.807) is 0 Å². The minimum Gasteiger partial charge on any atom is -0.337 e. The van der Waals surface area contributed by atoms with Crippen molar-refractivity contribution in [1.29, 1.82) is 0 Å². The van der Waals surface area contributed by atoms with E-state index in [1.807, 2.05) is 11.0 Å². The van der Waals surface area contributed by atoms with Crippen molar-refractivity contribution in [2.45, 2.75) is 39.5 Å². The van der Waals surface area contributed by atoms with E-state index < -0.39 is 0 Å². The highest BCUT2D eigenvalue weighted by Gasteiger charge is 2.25. The van der Waals surface area contributed by atoms with Gasteiger partial charge in [-0.3, -0.25) is 9.89 Å². The Bertz CT molecular complexity index is 433. The Kier molecular flexibility index (Phi) is 5.17. The molecule has 1 fully saturated rings. The molecule has 1 aromatic heterocycles. The van der Waals surface area contributed by atoms with Gasteiger partial charge in [0, 0.05) is 18.8 Å². The van der Waals surface area contributed by atoms with Gasteiger partial charge in [-0.1, -0.05) is 20.8 Å². The molecule has 0 spiro atoms. The molecule has 1 amide bonds. The monoisotopic (exact) mass is 278 g/mol. The lowest BCUT2D eigenvalue weighted by atomic mass is 9.96. The van der Waals surface area contributed by atoms with Gasteiger partial charge < -0.3 is 10.2 Å². The number of amides is 1. The fourth-order valence-electron chi connectivity index (χ4n) is 2.59. The third kappa shape index (κ3) is 3.60. The van der Waals surface area contributed by atoms with Gasteiger partial charge in [0.15, 0.2) is 0 Å². The molecule has 0 radical (unpaired) electrons. The topological polar surface area (TPSA) is 61.0 Å². The number of aromatic amines is 1. The van der Waals surface area contributed by atoms with Crippen molar-refractivity contribution in [3.05, 3.63) is 17.5 Å². The van der Waals surface area contributed by atoms with E-state index in [2.05, 4.69) is 36.3 Å². The van der Waals surface area contributed by atoms with Crippen LogP contribution in [0.3, 0.4) is 0 Å². The number of nitrogens with one attached hydrogen (secondary N) is 2. The number of hydrogen-bond acceptors (Lipinski definition) is 3. The Morgan fingerprint density at radius 3 is 2.75 bits per heavy atom. The number of nitrogens with zero attached hydrogens (tertiary/aromatic N) is 2. The Balaban J connectivity index is 1.87. The Labute approximate surface area is 121 Å². The van der Waals surface area contributed by atoms with Crippen LogP contribution in [0.1, 0.15) is 55.7 Å². The highest BCUT2D eigenvalue weighted by atomic mass is 16.2. The molecule has 2 rings (SSSR count). The van der Waals surface area contributed by atoms with Crippen LogP contribution in [0.25, 0.3) is 0 Å². The maximum absolute atomic E-state index is 12.4. The summed E-state index contributed by atoms with van der Waals surface area (Å²) in [5, 5.41) is 10.5. The fraction of sp³-hybridized carbons (Fsp3) is 0.733. The Hall–Kier alpha value is -1.36. The normalized spacial score (nSPS) is 16.9. The second-order valence-corrected chi connectivity index (χ2v) is 5.91. The number of carbonyl (C=O) groups excluding carboxylic acids is 1. The standard InChI is InChI=1S/C15H26N4O/c1-4-16-10-12-5-7-19(8-6-12)15(20)14-9-13(11(2)3)17-18-14/h9,11-12,16H,4-8,10H2,1-3H3,(H,17,18). The molecule has 2 heterocycles. The predicted molar refractivity (Wildman–Crippen MR) is 79.8 cm³/mol. The van der Waals surface area contributed by atoms with Gasteiger partial charge in [-0.25, -0.2) is 0 Å². The van der Waals surface area contributed by atoms with E-state index in [9.17, 15) is 4.79 Å². The number of hydrogen-bond donors (Lipinski definition) is 2. The first-order chi connectivity index (χ1) is 9.61. The number of rotatable bonds is 5. The molecule has 5 heteroatoms. The van der Waals surface area contributed by atoms with E-state index in [0.717, 1.165) is 44.7 Å². The minimum absolute atomic E-state index is 0.0649. The first-order valence-corrected chi connectivity index (χ1v) is 7.67. The quantitative estimate of drug-likeness (QED) is 0.866. The molecule has 0 atom stereocenters. The van der Waals surface area contributed by atoms with Crippen LogP contribution in [-0.4, -0.2) is 47.2 Å². The zero-order valence-electron chi connectivity index (χ0n) is 12.8.